The van der Waals surface area contributed by atoms with E-state index in [1.54, 1.807) is 6.26 Å². The third-order valence-electron chi connectivity index (χ3n) is 4.75. The number of fused-ring (bicyclic) bond motifs is 1. The van der Waals surface area contributed by atoms with E-state index < -0.39 is 0 Å². The van der Waals surface area contributed by atoms with Crippen molar-refractivity contribution < 1.29 is 13.9 Å². The van der Waals surface area contributed by atoms with E-state index in [-0.39, 0.29) is 6.03 Å². The predicted molar refractivity (Wildman–Crippen MR) is 87.1 cm³/mol. The second kappa shape index (κ2) is 8.36. The molecule has 23 heavy (non-hydrogen) atoms. The molecule has 1 aromatic heterocycles. The monoisotopic (exact) mass is 321 g/mol. The highest BCUT2D eigenvalue weighted by Gasteiger charge is 2.36. The molecule has 6 nitrogen and oxygen atoms in total. The second-order valence-corrected chi connectivity index (χ2v) is 6.38. The van der Waals surface area contributed by atoms with Gasteiger partial charge in [0.25, 0.3) is 0 Å². The van der Waals surface area contributed by atoms with Crippen molar-refractivity contribution >= 4 is 6.03 Å². The number of carbonyl (C=O) groups is 1. The topological polar surface area (TPSA) is 66.7 Å². The number of piperidine rings is 1. The smallest absolute Gasteiger partial charge is 0.315 e. The molecule has 2 fully saturated rings. The molecular weight excluding hydrogens is 294 g/mol. The Morgan fingerprint density at radius 3 is 3.17 bits per heavy atom. The molecule has 128 valence electrons. The van der Waals surface area contributed by atoms with Gasteiger partial charge in [-0.15, -0.1) is 0 Å². The molecule has 2 atom stereocenters. The van der Waals surface area contributed by atoms with Crippen LogP contribution in [0.1, 0.15) is 37.9 Å². The Balaban J connectivity index is 1.25. The van der Waals surface area contributed by atoms with E-state index in [2.05, 4.69) is 15.5 Å². The molecular formula is C17H27N3O3. The zero-order chi connectivity index (χ0) is 15.9. The third-order valence-corrected chi connectivity index (χ3v) is 4.75. The highest BCUT2D eigenvalue weighted by molar-refractivity contribution is 5.74. The minimum atomic E-state index is -0.0477. The van der Waals surface area contributed by atoms with Gasteiger partial charge in [0.1, 0.15) is 12.4 Å². The fourth-order valence-corrected chi connectivity index (χ4v) is 3.58. The Hall–Kier alpha value is -1.53. The van der Waals surface area contributed by atoms with E-state index >= 15 is 0 Å². The molecule has 2 aliphatic heterocycles. The first kappa shape index (κ1) is 16.3. The molecule has 2 N–H and O–H groups in total. The lowest BCUT2D eigenvalue weighted by Gasteiger charge is -2.32. The molecule has 0 radical (unpaired) electrons. The maximum Gasteiger partial charge on any atom is 0.315 e. The predicted octanol–water partition coefficient (Wildman–Crippen LogP) is 2.11. The molecule has 1 aromatic rings. The van der Waals surface area contributed by atoms with Crippen molar-refractivity contribution in [3.8, 4) is 0 Å². The van der Waals surface area contributed by atoms with Crippen LogP contribution in [0.3, 0.4) is 0 Å². The van der Waals surface area contributed by atoms with Gasteiger partial charge in [-0.1, -0.05) is 6.42 Å². The lowest BCUT2D eigenvalue weighted by atomic mass is 9.99. The lowest BCUT2D eigenvalue weighted by molar-refractivity contribution is 0.104. The molecule has 6 heteroatoms. The minimum absolute atomic E-state index is 0.0477. The van der Waals surface area contributed by atoms with Gasteiger partial charge in [-0.2, -0.15) is 0 Å². The van der Waals surface area contributed by atoms with Crippen LogP contribution in [0.2, 0.25) is 0 Å². The Morgan fingerprint density at radius 1 is 1.35 bits per heavy atom. The second-order valence-electron chi connectivity index (χ2n) is 6.38. The standard InChI is InChI=1S/C17H27N3O3/c21-17(18-8-4-11-22-13-14-5-3-12-23-14)19-15-7-10-20-9-2-1-6-16(15)20/h3,5,12,15-16H,1-2,4,6-11,13H2,(H2,18,19,21)/t15-,16-/m0/s1. The van der Waals surface area contributed by atoms with Crippen molar-refractivity contribution in [3.05, 3.63) is 24.2 Å². The molecule has 0 aliphatic carbocycles. The number of carbonyl (C=O) groups excluding carboxylic acids is 1. The molecule has 0 aromatic carbocycles. The van der Waals surface area contributed by atoms with E-state index in [0.29, 0.717) is 31.8 Å². The largest absolute Gasteiger partial charge is 0.467 e. The fraction of sp³-hybridized carbons (Fsp3) is 0.706. The van der Waals surface area contributed by atoms with Gasteiger partial charge in [0.05, 0.1) is 6.26 Å². The van der Waals surface area contributed by atoms with Crippen molar-refractivity contribution in [2.45, 2.75) is 50.8 Å². The Labute approximate surface area is 137 Å². The van der Waals surface area contributed by atoms with Crippen LogP contribution >= 0.6 is 0 Å². The number of ether oxygens (including phenoxy) is 1. The number of urea groups is 1. The lowest BCUT2D eigenvalue weighted by Crippen LogP contribution is -2.49. The molecule has 0 unspecified atom stereocenters. The Kier molecular flexibility index (Phi) is 5.93. The molecule has 3 rings (SSSR count). The van der Waals surface area contributed by atoms with Crippen molar-refractivity contribution in [1.29, 1.82) is 0 Å². The van der Waals surface area contributed by atoms with Crippen molar-refractivity contribution in [2.75, 3.05) is 26.2 Å². The highest BCUT2D eigenvalue weighted by Crippen LogP contribution is 2.26. The summed E-state index contributed by atoms with van der Waals surface area (Å²) in [6.07, 6.45) is 7.31. The molecule has 0 saturated carbocycles. The van der Waals surface area contributed by atoms with Crippen molar-refractivity contribution in [3.63, 3.8) is 0 Å². The number of hydrogen-bond acceptors (Lipinski definition) is 4. The number of hydrogen-bond donors (Lipinski definition) is 2. The summed E-state index contributed by atoms with van der Waals surface area (Å²) >= 11 is 0. The highest BCUT2D eigenvalue weighted by atomic mass is 16.5. The first-order valence-electron chi connectivity index (χ1n) is 8.71. The molecule has 0 bridgehead atoms. The Morgan fingerprint density at radius 2 is 2.30 bits per heavy atom. The van der Waals surface area contributed by atoms with Gasteiger partial charge in [0.2, 0.25) is 0 Å². The SMILES string of the molecule is O=C(NCCCOCc1ccco1)N[C@H]1CCN2CCCC[C@@H]12. The van der Waals surface area contributed by atoms with E-state index in [0.717, 1.165) is 25.1 Å². The van der Waals surface area contributed by atoms with Gasteiger partial charge in [-0.05, 0) is 44.4 Å². The van der Waals surface area contributed by atoms with Crippen LogP contribution < -0.4 is 10.6 Å². The summed E-state index contributed by atoms with van der Waals surface area (Å²) in [4.78, 5) is 14.5. The fourth-order valence-electron chi connectivity index (χ4n) is 3.58. The molecule has 2 aliphatic rings. The van der Waals surface area contributed by atoms with E-state index in [1.165, 1.54) is 25.8 Å². The summed E-state index contributed by atoms with van der Waals surface area (Å²) in [6.45, 7) is 4.04. The maximum absolute atomic E-state index is 12.0. The van der Waals surface area contributed by atoms with E-state index in [1.807, 2.05) is 12.1 Å². The zero-order valence-corrected chi connectivity index (χ0v) is 13.6. The first-order valence-corrected chi connectivity index (χ1v) is 8.71. The maximum atomic E-state index is 12.0. The van der Waals surface area contributed by atoms with Crippen LogP contribution in [0, 0.1) is 0 Å². The zero-order valence-electron chi connectivity index (χ0n) is 13.6. The van der Waals surface area contributed by atoms with E-state index in [9.17, 15) is 4.79 Å². The average Bonchev–Trinajstić information content (AvgIpc) is 3.21. The van der Waals surface area contributed by atoms with Crippen LogP contribution in [0.15, 0.2) is 22.8 Å². The Bertz CT molecular complexity index is 477. The molecule has 3 heterocycles. The normalized spacial score (nSPS) is 24.3. The molecule has 0 spiro atoms. The summed E-state index contributed by atoms with van der Waals surface area (Å²) in [7, 11) is 0. The van der Waals surface area contributed by atoms with Crippen LogP contribution in [0.4, 0.5) is 4.79 Å². The summed E-state index contributed by atoms with van der Waals surface area (Å²) in [5, 5.41) is 6.07. The van der Waals surface area contributed by atoms with Gasteiger partial charge >= 0.3 is 6.03 Å². The van der Waals surface area contributed by atoms with Crippen molar-refractivity contribution in [2.24, 2.45) is 0 Å². The van der Waals surface area contributed by atoms with Crippen LogP contribution in [-0.2, 0) is 11.3 Å². The van der Waals surface area contributed by atoms with Gasteiger partial charge < -0.3 is 19.8 Å². The number of nitrogens with one attached hydrogen (secondary N) is 2. The first-order chi connectivity index (χ1) is 11.3. The summed E-state index contributed by atoms with van der Waals surface area (Å²) in [6, 6.07) is 4.55. The minimum Gasteiger partial charge on any atom is -0.467 e. The quantitative estimate of drug-likeness (QED) is 0.755. The summed E-state index contributed by atoms with van der Waals surface area (Å²) in [5.41, 5.74) is 0. The van der Waals surface area contributed by atoms with Crippen LogP contribution in [0.5, 0.6) is 0 Å². The number of furan rings is 1. The van der Waals surface area contributed by atoms with Crippen LogP contribution in [-0.4, -0.2) is 49.3 Å². The summed E-state index contributed by atoms with van der Waals surface area (Å²) in [5.74, 6) is 0.828. The van der Waals surface area contributed by atoms with Gasteiger partial charge in [-0.25, -0.2) is 4.79 Å². The van der Waals surface area contributed by atoms with E-state index in [4.69, 9.17) is 9.15 Å². The molecule has 2 saturated heterocycles. The van der Waals surface area contributed by atoms with Crippen LogP contribution in [0.25, 0.3) is 0 Å². The van der Waals surface area contributed by atoms with Gasteiger partial charge in [0.15, 0.2) is 0 Å². The number of rotatable bonds is 7. The van der Waals surface area contributed by atoms with Crippen molar-refractivity contribution in [1.82, 2.24) is 15.5 Å². The molecule has 2 amide bonds. The third kappa shape index (κ3) is 4.72. The number of amides is 2. The summed E-state index contributed by atoms with van der Waals surface area (Å²) < 4.78 is 10.7. The number of nitrogens with zero attached hydrogens (tertiary/aromatic N) is 1. The van der Waals surface area contributed by atoms with Gasteiger partial charge in [0, 0.05) is 31.8 Å². The van der Waals surface area contributed by atoms with Gasteiger partial charge in [-0.3, -0.25) is 4.90 Å². The average molecular weight is 321 g/mol.